The molecule has 2 aliphatic heterocycles. The number of nitrogens with zero attached hydrogens (tertiary/aromatic N) is 3. The molecule has 1 unspecified atom stereocenters. The Morgan fingerprint density at radius 1 is 1.14 bits per heavy atom. The number of carbonyl (C=O) groups is 1. The Morgan fingerprint density at radius 2 is 1.91 bits per heavy atom. The van der Waals surface area contributed by atoms with E-state index < -0.39 is 5.60 Å². The standard InChI is InChI=1S/C27H32N4O4/c1-26(2,3)35-25(32)31-13-11-27(12-14-31)16-22(19-7-5-6-8-23(19)34-27)30-24-20-10-9-18(33-4)15-21(20)28-17-29-24/h5-10,15,17,22H,11-14,16H2,1-4H3,(H,28,29,30). The van der Waals surface area contributed by atoms with Gasteiger partial charge in [-0.3, -0.25) is 0 Å². The van der Waals surface area contributed by atoms with E-state index in [0.717, 1.165) is 53.0 Å². The van der Waals surface area contributed by atoms with Crippen molar-refractivity contribution >= 4 is 22.8 Å². The zero-order chi connectivity index (χ0) is 24.6. The van der Waals surface area contributed by atoms with Crippen LogP contribution in [0, 0.1) is 0 Å². The van der Waals surface area contributed by atoms with Gasteiger partial charge in [-0.15, -0.1) is 0 Å². The minimum atomic E-state index is -0.508. The number of nitrogens with one attached hydrogen (secondary N) is 1. The predicted octanol–water partition coefficient (Wildman–Crippen LogP) is 5.34. The molecule has 0 aliphatic carbocycles. The van der Waals surface area contributed by atoms with Crippen molar-refractivity contribution in [2.24, 2.45) is 0 Å². The summed E-state index contributed by atoms with van der Waals surface area (Å²) < 4.78 is 17.5. The molecule has 0 radical (unpaired) electrons. The smallest absolute Gasteiger partial charge is 0.410 e. The normalized spacial score (nSPS) is 19.1. The number of amides is 1. The van der Waals surface area contributed by atoms with E-state index in [-0.39, 0.29) is 17.7 Å². The van der Waals surface area contributed by atoms with Crippen LogP contribution in [0.5, 0.6) is 11.5 Å². The molecule has 0 saturated carbocycles. The summed E-state index contributed by atoms with van der Waals surface area (Å²) in [5.41, 5.74) is 1.05. The lowest BCUT2D eigenvalue weighted by Gasteiger charge is -2.47. The first-order chi connectivity index (χ1) is 16.8. The van der Waals surface area contributed by atoms with Crippen LogP contribution in [0.1, 0.15) is 51.6 Å². The van der Waals surface area contributed by atoms with Crippen molar-refractivity contribution in [1.82, 2.24) is 14.9 Å². The van der Waals surface area contributed by atoms with Crippen molar-refractivity contribution in [3.8, 4) is 11.5 Å². The number of methoxy groups -OCH3 is 1. The highest BCUT2D eigenvalue weighted by Gasteiger charge is 2.44. The monoisotopic (exact) mass is 476 g/mol. The molecule has 2 aromatic carbocycles. The third-order valence-corrected chi connectivity index (χ3v) is 6.68. The number of likely N-dealkylation sites (tertiary alicyclic amines) is 1. The molecular formula is C27H32N4O4. The lowest BCUT2D eigenvalue weighted by Crippen LogP contribution is -2.53. The number of fused-ring (bicyclic) bond motifs is 2. The first kappa shape index (κ1) is 23.2. The quantitative estimate of drug-likeness (QED) is 0.546. The summed E-state index contributed by atoms with van der Waals surface area (Å²) in [6, 6.07) is 14.0. The van der Waals surface area contributed by atoms with E-state index in [1.165, 1.54) is 0 Å². The molecule has 1 fully saturated rings. The summed E-state index contributed by atoms with van der Waals surface area (Å²) in [4.78, 5) is 23.3. The molecule has 8 heteroatoms. The second-order valence-electron chi connectivity index (χ2n) is 10.3. The molecule has 2 aliphatic rings. The van der Waals surface area contributed by atoms with Gasteiger partial charge >= 0.3 is 6.09 Å². The van der Waals surface area contributed by atoms with E-state index in [9.17, 15) is 4.79 Å². The molecule has 3 heterocycles. The van der Waals surface area contributed by atoms with E-state index in [2.05, 4.69) is 21.4 Å². The van der Waals surface area contributed by atoms with E-state index in [0.29, 0.717) is 13.1 Å². The second-order valence-corrected chi connectivity index (χ2v) is 10.3. The number of carbonyl (C=O) groups excluding carboxylic acids is 1. The summed E-state index contributed by atoms with van der Waals surface area (Å²) >= 11 is 0. The molecule has 35 heavy (non-hydrogen) atoms. The Balaban J connectivity index is 1.39. The highest BCUT2D eigenvalue weighted by molar-refractivity contribution is 5.90. The number of benzene rings is 2. The first-order valence-corrected chi connectivity index (χ1v) is 12.1. The summed E-state index contributed by atoms with van der Waals surface area (Å²) in [5, 5.41) is 4.61. The van der Waals surface area contributed by atoms with Gasteiger partial charge in [-0.05, 0) is 39.0 Å². The van der Waals surface area contributed by atoms with Gasteiger partial charge in [0.05, 0.1) is 18.7 Å². The van der Waals surface area contributed by atoms with Gasteiger partial charge in [0.25, 0.3) is 0 Å². The van der Waals surface area contributed by atoms with E-state index in [1.54, 1.807) is 18.3 Å². The van der Waals surface area contributed by atoms with Gasteiger partial charge in [-0.25, -0.2) is 14.8 Å². The van der Waals surface area contributed by atoms with Crippen LogP contribution in [0.25, 0.3) is 10.9 Å². The van der Waals surface area contributed by atoms with Crippen molar-refractivity contribution in [1.29, 1.82) is 0 Å². The molecule has 1 saturated heterocycles. The Kier molecular flexibility index (Phi) is 5.91. The number of anilines is 1. The largest absolute Gasteiger partial charge is 0.497 e. The fourth-order valence-electron chi connectivity index (χ4n) is 4.92. The average Bonchev–Trinajstić information content (AvgIpc) is 2.83. The van der Waals surface area contributed by atoms with E-state index >= 15 is 0 Å². The van der Waals surface area contributed by atoms with Gasteiger partial charge in [0.15, 0.2) is 0 Å². The van der Waals surface area contributed by atoms with Crippen LogP contribution < -0.4 is 14.8 Å². The predicted molar refractivity (Wildman–Crippen MR) is 134 cm³/mol. The number of para-hydroxylation sites is 1. The molecule has 0 bridgehead atoms. The van der Waals surface area contributed by atoms with Gasteiger partial charge in [0, 0.05) is 49.4 Å². The minimum absolute atomic E-state index is 0.00762. The van der Waals surface area contributed by atoms with E-state index in [4.69, 9.17) is 14.2 Å². The Bertz CT molecular complexity index is 1230. The van der Waals surface area contributed by atoms with Crippen molar-refractivity contribution in [3.63, 3.8) is 0 Å². The third kappa shape index (κ3) is 4.83. The summed E-state index contributed by atoms with van der Waals surface area (Å²) in [5.74, 6) is 2.41. The van der Waals surface area contributed by atoms with Crippen molar-refractivity contribution < 1.29 is 19.0 Å². The van der Waals surface area contributed by atoms with E-state index in [1.807, 2.05) is 57.2 Å². The number of ether oxygens (including phenoxy) is 3. The number of hydrogen-bond acceptors (Lipinski definition) is 7. The van der Waals surface area contributed by atoms with Crippen molar-refractivity contribution in [2.75, 3.05) is 25.5 Å². The van der Waals surface area contributed by atoms with Crippen LogP contribution >= 0.6 is 0 Å². The highest BCUT2D eigenvalue weighted by atomic mass is 16.6. The molecule has 1 amide bonds. The Labute approximate surface area is 205 Å². The van der Waals surface area contributed by atoms with Gasteiger partial charge in [-0.2, -0.15) is 0 Å². The maximum absolute atomic E-state index is 12.6. The fraction of sp³-hybridized carbons (Fsp3) is 0.444. The van der Waals surface area contributed by atoms with Gasteiger partial charge < -0.3 is 24.4 Å². The lowest BCUT2D eigenvalue weighted by molar-refractivity contribution is -0.0308. The number of aromatic nitrogens is 2. The van der Waals surface area contributed by atoms with Crippen LogP contribution in [-0.4, -0.2) is 52.4 Å². The zero-order valence-electron chi connectivity index (χ0n) is 20.7. The molecule has 1 aromatic heterocycles. The topological polar surface area (TPSA) is 85.8 Å². The van der Waals surface area contributed by atoms with Crippen molar-refractivity contribution in [3.05, 3.63) is 54.4 Å². The van der Waals surface area contributed by atoms with Crippen LogP contribution in [0.4, 0.5) is 10.6 Å². The lowest BCUT2D eigenvalue weighted by atomic mass is 9.80. The molecule has 8 nitrogen and oxygen atoms in total. The SMILES string of the molecule is COc1ccc2c(NC3CC4(CCN(C(=O)OC(C)(C)C)CC4)Oc4ccccc43)ncnc2c1. The summed E-state index contributed by atoms with van der Waals surface area (Å²) in [7, 11) is 1.65. The number of piperidine rings is 1. The molecule has 5 rings (SSSR count). The zero-order valence-corrected chi connectivity index (χ0v) is 20.7. The molecule has 184 valence electrons. The fourth-order valence-corrected chi connectivity index (χ4v) is 4.92. The van der Waals surface area contributed by atoms with Crippen molar-refractivity contribution in [2.45, 2.75) is 57.3 Å². The summed E-state index contributed by atoms with van der Waals surface area (Å²) in [6.45, 7) is 6.86. The van der Waals surface area contributed by atoms with Crippen LogP contribution in [-0.2, 0) is 4.74 Å². The minimum Gasteiger partial charge on any atom is -0.497 e. The van der Waals surface area contributed by atoms with Gasteiger partial charge in [-0.1, -0.05) is 18.2 Å². The average molecular weight is 477 g/mol. The molecule has 1 N–H and O–H groups in total. The Hall–Kier alpha value is -3.55. The molecule has 3 aromatic rings. The second kappa shape index (κ2) is 8.91. The maximum Gasteiger partial charge on any atom is 0.410 e. The third-order valence-electron chi connectivity index (χ3n) is 6.68. The van der Waals surface area contributed by atoms with Crippen LogP contribution in [0.2, 0.25) is 0 Å². The maximum atomic E-state index is 12.6. The number of hydrogen-bond donors (Lipinski definition) is 1. The van der Waals surface area contributed by atoms with Crippen LogP contribution in [0.15, 0.2) is 48.8 Å². The molecule has 1 atom stereocenters. The van der Waals surface area contributed by atoms with Gasteiger partial charge in [0.1, 0.15) is 34.8 Å². The summed E-state index contributed by atoms with van der Waals surface area (Å²) in [6.07, 6.45) is 3.56. The molecule has 1 spiro atoms. The molecular weight excluding hydrogens is 444 g/mol. The highest BCUT2D eigenvalue weighted by Crippen LogP contribution is 2.45. The number of rotatable bonds is 3. The van der Waals surface area contributed by atoms with Crippen LogP contribution in [0.3, 0.4) is 0 Å². The first-order valence-electron chi connectivity index (χ1n) is 12.1. The van der Waals surface area contributed by atoms with Gasteiger partial charge in [0.2, 0.25) is 0 Å². The Morgan fingerprint density at radius 3 is 2.66 bits per heavy atom.